The molecule has 2 fully saturated rings. The summed E-state index contributed by atoms with van der Waals surface area (Å²) >= 11 is 6.84. The molecule has 2 heterocycles. The van der Waals surface area contributed by atoms with Gasteiger partial charge in [0.1, 0.15) is 0 Å². The Kier molecular flexibility index (Phi) is 4.17. The summed E-state index contributed by atoms with van der Waals surface area (Å²) in [7, 11) is 0. The fraction of sp³-hybridized carbons (Fsp3) is 0.500. The molecule has 0 aromatic heterocycles. The zero-order valence-electron chi connectivity index (χ0n) is 10.9. The van der Waals surface area contributed by atoms with Gasteiger partial charge >= 0.3 is 0 Å². The van der Waals surface area contributed by atoms with Gasteiger partial charge in [0, 0.05) is 34.9 Å². The summed E-state index contributed by atoms with van der Waals surface area (Å²) < 4.78 is 13.1. The van der Waals surface area contributed by atoms with Crippen molar-refractivity contribution in [2.75, 3.05) is 26.3 Å². The molecule has 0 saturated carbocycles. The number of hydrogen-bond donors (Lipinski definition) is 0. The lowest BCUT2D eigenvalue weighted by Gasteiger charge is -2.37. The van der Waals surface area contributed by atoms with Gasteiger partial charge in [0.15, 0.2) is 5.79 Å². The van der Waals surface area contributed by atoms with E-state index in [0.29, 0.717) is 31.9 Å². The molecule has 4 nitrogen and oxygen atoms in total. The molecule has 1 amide bonds. The Bertz CT molecular complexity index is 519. The molecule has 0 N–H and O–H groups in total. The molecule has 0 bridgehead atoms. The number of amides is 1. The lowest BCUT2D eigenvalue weighted by molar-refractivity contribution is -0.181. The summed E-state index contributed by atoms with van der Waals surface area (Å²) in [5, 5.41) is 0. The quantitative estimate of drug-likeness (QED) is 0.721. The molecule has 2 aliphatic heterocycles. The number of carbonyl (C=O) groups is 1. The third-order valence-electron chi connectivity index (χ3n) is 3.79. The average molecular weight is 405 g/mol. The lowest BCUT2D eigenvalue weighted by Crippen LogP contribution is -2.47. The second-order valence-electron chi connectivity index (χ2n) is 5.02. The lowest BCUT2D eigenvalue weighted by atomic mass is 10.0. The van der Waals surface area contributed by atoms with E-state index < -0.39 is 5.79 Å². The first-order valence-corrected chi connectivity index (χ1v) is 8.20. The van der Waals surface area contributed by atoms with Crippen molar-refractivity contribution in [3.05, 3.63) is 32.7 Å². The molecule has 0 atom stereocenters. The van der Waals surface area contributed by atoms with Crippen LogP contribution in [0.2, 0.25) is 0 Å². The molecule has 0 unspecified atom stereocenters. The average Bonchev–Trinajstić information content (AvgIpc) is 2.87. The Labute approximate surface area is 134 Å². The van der Waals surface area contributed by atoms with Crippen molar-refractivity contribution in [3.8, 4) is 0 Å². The molecular weight excluding hydrogens is 390 g/mol. The summed E-state index contributed by atoms with van der Waals surface area (Å²) in [5.41, 5.74) is 0.692. The van der Waals surface area contributed by atoms with Crippen LogP contribution >= 0.6 is 31.9 Å². The highest BCUT2D eigenvalue weighted by atomic mass is 79.9. The number of rotatable bonds is 1. The van der Waals surface area contributed by atoms with Crippen molar-refractivity contribution >= 4 is 37.8 Å². The number of carbonyl (C=O) groups excluding carboxylic acids is 1. The summed E-state index contributed by atoms with van der Waals surface area (Å²) in [5.74, 6) is -0.384. The minimum Gasteiger partial charge on any atom is -0.347 e. The van der Waals surface area contributed by atoms with Gasteiger partial charge in [-0.1, -0.05) is 15.9 Å². The van der Waals surface area contributed by atoms with Gasteiger partial charge in [-0.15, -0.1) is 0 Å². The monoisotopic (exact) mass is 403 g/mol. The molecule has 6 heteroatoms. The van der Waals surface area contributed by atoms with Crippen molar-refractivity contribution in [1.29, 1.82) is 0 Å². The van der Waals surface area contributed by atoms with E-state index in [1.807, 2.05) is 23.1 Å². The largest absolute Gasteiger partial charge is 0.347 e. The predicted octanol–water partition coefficient (Wildman–Crippen LogP) is 3.19. The normalized spacial score (nSPS) is 21.4. The molecule has 1 aromatic rings. The Morgan fingerprint density at radius 2 is 1.80 bits per heavy atom. The van der Waals surface area contributed by atoms with Gasteiger partial charge < -0.3 is 14.4 Å². The fourth-order valence-electron chi connectivity index (χ4n) is 2.67. The first-order chi connectivity index (χ1) is 9.60. The second kappa shape index (κ2) is 5.75. The number of halogens is 2. The van der Waals surface area contributed by atoms with Crippen LogP contribution in [0.5, 0.6) is 0 Å². The first-order valence-electron chi connectivity index (χ1n) is 6.62. The van der Waals surface area contributed by atoms with E-state index in [9.17, 15) is 4.79 Å². The fourth-order valence-corrected chi connectivity index (χ4v) is 3.89. The van der Waals surface area contributed by atoms with Gasteiger partial charge in [-0.25, -0.2) is 0 Å². The molecule has 0 aliphatic carbocycles. The molecule has 3 rings (SSSR count). The van der Waals surface area contributed by atoms with Gasteiger partial charge in [-0.2, -0.15) is 0 Å². The van der Waals surface area contributed by atoms with Gasteiger partial charge in [0.25, 0.3) is 5.91 Å². The highest BCUT2D eigenvalue weighted by molar-refractivity contribution is 9.11. The van der Waals surface area contributed by atoms with E-state index in [0.717, 1.165) is 21.8 Å². The molecule has 1 aromatic carbocycles. The summed E-state index contributed by atoms with van der Waals surface area (Å²) in [6.45, 7) is 2.65. The van der Waals surface area contributed by atoms with Gasteiger partial charge in [-0.3, -0.25) is 4.79 Å². The smallest absolute Gasteiger partial charge is 0.255 e. The predicted molar refractivity (Wildman–Crippen MR) is 81.6 cm³/mol. The molecule has 20 heavy (non-hydrogen) atoms. The van der Waals surface area contributed by atoms with Crippen LogP contribution in [0.25, 0.3) is 0 Å². The number of nitrogens with zero attached hydrogens (tertiary/aromatic N) is 1. The van der Waals surface area contributed by atoms with Crippen molar-refractivity contribution in [1.82, 2.24) is 4.90 Å². The standard InChI is InChI=1S/C14H15Br2NO3/c15-10-1-2-11(12(16)9-10)13(18)17-5-3-14(4-6-17)19-7-8-20-14/h1-2,9H,3-8H2. The van der Waals surface area contributed by atoms with E-state index in [1.54, 1.807) is 0 Å². The Morgan fingerprint density at radius 3 is 2.40 bits per heavy atom. The Balaban J connectivity index is 1.69. The minimum absolute atomic E-state index is 0.0530. The molecule has 1 spiro atoms. The van der Waals surface area contributed by atoms with Crippen LogP contribution in [0.1, 0.15) is 23.2 Å². The maximum Gasteiger partial charge on any atom is 0.255 e. The Morgan fingerprint density at radius 1 is 1.15 bits per heavy atom. The maximum absolute atomic E-state index is 12.5. The maximum atomic E-state index is 12.5. The summed E-state index contributed by atoms with van der Waals surface area (Å²) in [6.07, 6.45) is 1.49. The summed E-state index contributed by atoms with van der Waals surface area (Å²) in [6, 6.07) is 5.61. The molecule has 0 radical (unpaired) electrons. The van der Waals surface area contributed by atoms with E-state index >= 15 is 0 Å². The van der Waals surface area contributed by atoms with E-state index in [4.69, 9.17) is 9.47 Å². The van der Waals surface area contributed by atoms with Gasteiger partial charge in [0.2, 0.25) is 0 Å². The highest BCUT2D eigenvalue weighted by Gasteiger charge is 2.40. The van der Waals surface area contributed by atoms with Crippen molar-refractivity contribution in [2.45, 2.75) is 18.6 Å². The van der Waals surface area contributed by atoms with Gasteiger partial charge in [-0.05, 0) is 34.1 Å². The van der Waals surface area contributed by atoms with Crippen LogP contribution in [0.15, 0.2) is 27.1 Å². The third-order valence-corrected chi connectivity index (χ3v) is 4.94. The topological polar surface area (TPSA) is 38.8 Å². The molecule has 2 aliphatic rings. The zero-order valence-corrected chi connectivity index (χ0v) is 14.1. The van der Waals surface area contributed by atoms with Crippen LogP contribution in [-0.2, 0) is 9.47 Å². The zero-order chi connectivity index (χ0) is 14.2. The number of hydrogen-bond acceptors (Lipinski definition) is 3. The number of likely N-dealkylation sites (tertiary alicyclic amines) is 1. The third kappa shape index (κ3) is 2.79. The van der Waals surface area contributed by atoms with Crippen LogP contribution in [0.3, 0.4) is 0 Å². The molecule has 108 valence electrons. The number of benzene rings is 1. The number of piperidine rings is 1. The van der Waals surface area contributed by atoms with Crippen molar-refractivity contribution < 1.29 is 14.3 Å². The van der Waals surface area contributed by atoms with E-state index in [2.05, 4.69) is 31.9 Å². The van der Waals surface area contributed by atoms with Crippen LogP contribution < -0.4 is 0 Å². The van der Waals surface area contributed by atoms with Gasteiger partial charge in [0.05, 0.1) is 18.8 Å². The molecule has 2 saturated heterocycles. The van der Waals surface area contributed by atoms with Crippen LogP contribution in [-0.4, -0.2) is 42.9 Å². The van der Waals surface area contributed by atoms with Crippen molar-refractivity contribution in [2.24, 2.45) is 0 Å². The highest BCUT2D eigenvalue weighted by Crippen LogP contribution is 2.32. The van der Waals surface area contributed by atoms with Crippen LogP contribution in [0, 0.1) is 0 Å². The van der Waals surface area contributed by atoms with E-state index in [-0.39, 0.29) is 5.91 Å². The molecular formula is C14H15Br2NO3. The van der Waals surface area contributed by atoms with E-state index in [1.165, 1.54) is 0 Å². The Hall–Kier alpha value is -0.430. The van der Waals surface area contributed by atoms with Crippen molar-refractivity contribution in [3.63, 3.8) is 0 Å². The SMILES string of the molecule is O=C(c1ccc(Br)cc1Br)N1CCC2(CC1)OCCO2. The number of ether oxygens (including phenoxy) is 2. The first kappa shape index (κ1) is 14.5. The summed E-state index contributed by atoms with van der Waals surface area (Å²) in [4.78, 5) is 14.4. The second-order valence-corrected chi connectivity index (χ2v) is 6.79. The minimum atomic E-state index is -0.437. The van der Waals surface area contributed by atoms with Crippen LogP contribution in [0.4, 0.5) is 0 Å².